The number of rotatable bonds is 7. The number of para-hydroxylation sites is 1. The number of anilines is 1. The summed E-state index contributed by atoms with van der Waals surface area (Å²) in [6, 6.07) is 26.3. The van der Waals surface area contributed by atoms with Crippen LogP contribution in [0.3, 0.4) is 0 Å². The standard InChI is InChI=1S/C24H22N4O2S/c29-20(16-9-3-1-4-10-16)15-25-24(31)28-22-23(30)26-19-14-8-7-13-18(19)21(27-22)17-11-5-2-6-12-17/h1-14,22,24-25,28,31H,15H2,(H,26,30). The van der Waals surface area contributed by atoms with Crippen LogP contribution >= 0.6 is 12.6 Å². The minimum absolute atomic E-state index is 0.0624. The predicted molar refractivity (Wildman–Crippen MR) is 126 cm³/mol. The van der Waals surface area contributed by atoms with Gasteiger partial charge in [-0.1, -0.05) is 78.9 Å². The Morgan fingerprint density at radius 2 is 1.61 bits per heavy atom. The molecule has 3 aromatic carbocycles. The van der Waals surface area contributed by atoms with E-state index in [4.69, 9.17) is 4.99 Å². The number of aliphatic imine (C=N–C) groups is 1. The van der Waals surface area contributed by atoms with E-state index in [0.717, 1.165) is 11.1 Å². The van der Waals surface area contributed by atoms with E-state index in [2.05, 4.69) is 28.6 Å². The number of fused-ring (bicyclic) bond motifs is 1. The van der Waals surface area contributed by atoms with Crippen molar-refractivity contribution in [2.24, 2.45) is 4.99 Å². The number of benzene rings is 3. The van der Waals surface area contributed by atoms with Gasteiger partial charge in [-0.2, -0.15) is 0 Å². The van der Waals surface area contributed by atoms with Crippen LogP contribution in [0.5, 0.6) is 0 Å². The van der Waals surface area contributed by atoms with Crippen molar-refractivity contribution < 1.29 is 9.59 Å². The fourth-order valence-electron chi connectivity index (χ4n) is 3.32. The molecule has 0 radical (unpaired) electrons. The van der Waals surface area contributed by atoms with Crippen LogP contribution in [0.15, 0.2) is 89.9 Å². The van der Waals surface area contributed by atoms with Gasteiger partial charge in [0, 0.05) is 16.7 Å². The lowest BCUT2D eigenvalue weighted by molar-refractivity contribution is -0.118. The summed E-state index contributed by atoms with van der Waals surface area (Å²) in [6.07, 6.45) is -0.885. The summed E-state index contributed by atoms with van der Waals surface area (Å²) in [5.41, 5.74) is 3.14. The number of carbonyl (C=O) groups is 2. The van der Waals surface area contributed by atoms with Gasteiger partial charge in [0.05, 0.1) is 17.9 Å². The topological polar surface area (TPSA) is 82.6 Å². The largest absolute Gasteiger partial charge is 0.322 e. The average Bonchev–Trinajstić information content (AvgIpc) is 2.95. The normalized spacial score (nSPS) is 16.5. The van der Waals surface area contributed by atoms with E-state index < -0.39 is 11.7 Å². The van der Waals surface area contributed by atoms with E-state index in [-0.39, 0.29) is 18.2 Å². The Kier molecular flexibility index (Phi) is 6.57. The molecule has 4 rings (SSSR count). The van der Waals surface area contributed by atoms with Gasteiger partial charge >= 0.3 is 0 Å². The van der Waals surface area contributed by atoms with Crippen LogP contribution in [0.25, 0.3) is 0 Å². The van der Waals surface area contributed by atoms with Crippen molar-refractivity contribution in [1.82, 2.24) is 10.6 Å². The molecule has 7 heteroatoms. The molecule has 0 aliphatic carbocycles. The number of carbonyl (C=O) groups excluding carboxylic acids is 2. The lowest BCUT2D eigenvalue weighted by Crippen LogP contribution is -2.49. The maximum Gasteiger partial charge on any atom is 0.264 e. The molecule has 3 N–H and O–H groups in total. The van der Waals surface area contributed by atoms with Crippen LogP contribution in [-0.4, -0.2) is 35.6 Å². The molecule has 0 fully saturated rings. The Hall–Kier alpha value is -3.26. The van der Waals surface area contributed by atoms with Gasteiger partial charge in [-0.05, 0) is 6.07 Å². The molecule has 3 aromatic rings. The first-order valence-electron chi connectivity index (χ1n) is 9.91. The summed E-state index contributed by atoms with van der Waals surface area (Å²) >= 11 is 4.46. The highest BCUT2D eigenvalue weighted by Crippen LogP contribution is 2.23. The van der Waals surface area contributed by atoms with Crippen LogP contribution in [0.1, 0.15) is 21.5 Å². The van der Waals surface area contributed by atoms with Gasteiger partial charge < -0.3 is 5.32 Å². The molecular formula is C24H22N4O2S. The Morgan fingerprint density at radius 1 is 0.968 bits per heavy atom. The van der Waals surface area contributed by atoms with E-state index in [0.29, 0.717) is 17.0 Å². The number of hydrogen-bond donors (Lipinski definition) is 4. The van der Waals surface area contributed by atoms with Crippen molar-refractivity contribution in [1.29, 1.82) is 0 Å². The number of Topliss-reactive ketones (excluding diaryl/α,β-unsaturated/α-hetero) is 1. The van der Waals surface area contributed by atoms with Gasteiger partial charge in [0.25, 0.3) is 5.91 Å². The first-order valence-corrected chi connectivity index (χ1v) is 10.4. The molecular weight excluding hydrogens is 408 g/mol. The van der Waals surface area contributed by atoms with Gasteiger partial charge in [-0.25, -0.2) is 0 Å². The van der Waals surface area contributed by atoms with E-state index in [9.17, 15) is 9.59 Å². The molecule has 1 heterocycles. The highest BCUT2D eigenvalue weighted by atomic mass is 32.1. The van der Waals surface area contributed by atoms with E-state index in [1.807, 2.05) is 72.8 Å². The van der Waals surface area contributed by atoms with Crippen LogP contribution in [-0.2, 0) is 4.79 Å². The Bertz CT molecular complexity index is 1100. The summed E-state index contributed by atoms with van der Waals surface area (Å²) in [7, 11) is 0. The van der Waals surface area contributed by atoms with Crippen LogP contribution in [0.2, 0.25) is 0 Å². The van der Waals surface area contributed by atoms with Gasteiger partial charge in [0.2, 0.25) is 0 Å². The second-order valence-corrected chi connectivity index (χ2v) is 7.54. The summed E-state index contributed by atoms with van der Waals surface area (Å²) in [5, 5.41) is 8.97. The van der Waals surface area contributed by atoms with Crippen molar-refractivity contribution in [2.75, 3.05) is 11.9 Å². The van der Waals surface area contributed by atoms with Gasteiger partial charge in [-0.15, -0.1) is 12.6 Å². The van der Waals surface area contributed by atoms with Crippen LogP contribution in [0, 0.1) is 0 Å². The number of nitrogens with zero attached hydrogens (tertiary/aromatic N) is 1. The minimum atomic E-state index is -0.885. The number of amides is 1. The molecule has 0 aromatic heterocycles. The van der Waals surface area contributed by atoms with E-state index >= 15 is 0 Å². The van der Waals surface area contributed by atoms with Gasteiger partial charge in [0.15, 0.2) is 11.9 Å². The number of benzodiazepines with no additional fused rings is 1. The Labute approximate surface area is 186 Å². The zero-order valence-corrected chi connectivity index (χ0v) is 17.6. The summed E-state index contributed by atoms with van der Waals surface area (Å²) in [5.74, 6) is -0.360. The maximum atomic E-state index is 12.8. The first-order chi connectivity index (χ1) is 15.1. The van der Waals surface area contributed by atoms with Crippen molar-refractivity contribution in [3.63, 3.8) is 0 Å². The minimum Gasteiger partial charge on any atom is -0.322 e. The predicted octanol–water partition coefficient (Wildman–Crippen LogP) is 3.08. The second-order valence-electron chi connectivity index (χ2n) is 7.02. The third-order valence-corrected chi connectivity index (χ3v) is 5.19. The zero-order valence-electron chi connectivity index (χ0n) is 16.7. The quantitative estimate of drug-likeness (QED) is 0.264. The van der Waals surface area contributed by atoms with Crippen molar-refractivity contribution in [2.45, 2.75) is 11.7 Å². The number of hydrogen-bond acceptors (Lipinski definition) is 6. The van der Waals surface area contributed by atoms with Crippen molar-refractivity contribution in [3.8, 4) is 0 Å². The average molecular weight is 431 g/mol. The van der Waals surface area contributed by atoms with Crippen molar-refractivity contribution >= 4 is 35.7 Å². The molecule has 1 aliphatic heterocycles. The first kappa shape index (κ1) is 21.0. The lowest BCUT2D eigenvalue weighted by Gasteiger charge is -2.19. The Morgan fingerprint density at radius 3 is 2.35 bits per heavy atom. The molecule has 31 heavy (non-hydrogen) atoms. The zero-order chi connectivity index (χ0) is 21.6. The molecule has 2 unspecified atom stereocenters. The van der Waals surface area contributed by atoms with Crippen LogP contribution in [0.4, 0.5) is 5.69 Å². The SMILES string of the molecule is O=C(CNC(S)NC1N=C(c2ccccc2)c2ccccc2NC1=O)c1ccccc1. The lowest BCUT2D eigenvalue weighted by atomic mass is 10.0. The Balaban J connectivity index is 1.52. The van der Waals surface area contributed by atoms with Crippen LogP contribution < -0.4 is 16.0 Å². The van der Waals surface area contributed by atoms with Crippen molar-refractivity contribution in [3.05, 3.63) is 102 Å². The summed E-state index contributed by atoms with van der Waals surface area (Å²) in [6.45, 7) is 0.0784. The third-order valence-electron chi connectivity index (χ3n) is 4.86. The van der Waals surface area contributed by atoms with Gasteiger partial charge in [-0.3, -0.25) is 25.2 Å². The van der Waals surface area contributed by atoms with Gasteiger partial charge in [0.1, 0.15) is 5.50 Å². The van der Waals surface area contributed by atoms with E-state index in [1.54, 1.807) is 12.1 Å². The number of nitrogens with one attached hydrogen (secondary N) is 3. The monoisotopic (exact) mass is 430 g/mol. The molecule has 1 aliphatic rings. The molecule has 0 spiro atoms. The smallest absolute Gasteiger partial charge is 0.264 e. The molecule has 0 saturated heterocycles. The summed E-state index contributed by atoms with van der Waals surface area (Å²) < 4.78 is 0. The molecule has 156 valence electrons. The molecule has 2 atom stereocenters. The fraction of sp³-hybridized carbons (Fsp3) is 0.125. The maximum absolute atomic E-state index is 12.8. The third kappa shape index (κ3) is 5.08. The molecule has 1 amide bonds. The molecule has 0 saturated carbocycles. The summed E-state index contributed by atoms with van der Waals surface area (Å²) in [4.78, 5) is 29.9. The molecule has 6 nitrogen and oxygen atoms in total. The second kappa shape index (κ2) is 9.70. The highest BCUT2D eigenvalue weighted by molar-refractivity contribution is 7.80. The highest BCUT2D eigenvalue weighted by Gasteiger charge is 2.26. The number of ketones is 1. The fourth-order valence-corrected chi connectivity index (χ4v) is 3.55. The number of thiol groups is 1. The van der Waals surface area contributed by atoms with E-state index in [1.165, 1.54) is 0 Å². The molecule has 0 bridgehead atoms.